The lowest BCUT2D eigenvalue weighted by atomic mass is 10.4. The minimum atomic E-state index is 1.03. The first-order valence-electron chi connectivity index (χ1n) is 2.97. The Hall–Kier alpha value is 0.0700. The van der Waals surface area contributed by atoms with Gasteiger partial charge >= 0.3 is 0 Å². The highest BCUT2D eigenvalue weighted by molar-refractivity contribution is 9.13. The van der Waals surface area contributed by atoms with Crippen molar-refractivity contribution < 1.29 is 0 Å². The second-order valence-electron chi connectivity index (χ2n) is 2.04. The van der Waals surface area contributed by atoms with Crippen molar-refractivity contribution in [3.8, 4) is 0 Å². The highest BCUT2D eigenvalue weighted by Crippen LogP contribution is 2.37. The van der Waals surface area contributed by atoms with Crippen LogP contribution in [0.2, 0.25) is 0 Å². The van der Waals surface area contributed by atoms with E-state index in [4.69, 9.17) is 0 Å². The predicted molar refractivity (Wildman–Crippen MR) is 55.0 cm³/mol. The van der Waals surface area contributed by atoms with Gasteiger partial charge in [-0.05, 0) is 44.0 Å². The molecule has 1 nitrogen and oxygen atoms in total. The lowest BCUT2D eigenvalue weighted by Crippen LogP contribution is -1.69. The van der Waals surface area contributed by atoms with Crippen LogP contribution in [0.25, 0.3) is 10.2 Å². The van der Waals surface area contributed by atoms with Crippen LogP contribution in [-0.2, 0) is 0 Å². The summed E-state index contributed by atoms with van der Waals surface area (Å²) in [6, 6.07) is 4.00. The minimum absolute atomic E-state index is 1.03. The fourth-order valence-electron chi connectivity index (χ4n) is 0.872. The van der Waals surface area contributed by atoms with Gasteiger partial charge in [0.25, 0.3) is 0 Å². The summed E-state index contributed by atoms with van der Waals surface area (Å²) in [4.78, 5) is 4.24. The Balaban J connectivity index is 2.92. The Morgan fingerprint density at radius 3 is 2.91 bits per heavy atom. The lowest BCUT2D eigenvalue weighted by molar-refractivity contribution is 1.42. The summed E-state index contributed by atoms with van der Waals surface area (Å²) in [5.74, 6) is 0. The van der Waals surface area contributed by atoms with Gasteiger partial charge in [0.2, 0.25) is 0 Å². The topological polar surface area (TPSA) is 12.9 Å². The molecule has 0 saturated carbocycles. The number of aromatic nitrogens is 1. The second kappa shape index (κ2) is 2.84. The van der Waals surface area contributed by atoms with Crippen LogP contribution in [0, 0.1) is 0 Å². The molecule has 0 N–H and O–H groups in total. The van der Waals surface area contributed by atoms with Crippen molar-refractivity contribution in [2.45, 2.75) is 0 Å². The van der Waals surface area contributed by atoms with Crippen molar-refractivity contribution in [2.75, 3.05) is 0 Å². The SMILES string of the molecule is Brc1sc2cccnc2c1Br. The molecule has 0 saturated heterocycles. The Kier molecular flexibility index (Phi) is 1.99. The van der Waals surface area contributed by atoms with Gasteiger partial charge in [-0.15, -0.1) is 11.3 Å². The van der Waals surface area contributed by atoms with Gasteiger partial charge in [0.15, 0.2) is 0 Å². The van der Waals surface area contributed by atoms with E-state index in [1.54, 1.807) is 17.5 Å². The molecule has 2 rings (SSSR count). The normalized spacial score (nSPS) is 10.7. The molecule has 0 amide bonds. The Morgan fingerprint density at radius 1 is 1.36 bits per heavy atom. The first-order chi connectivity index (χ1) is 5.29. The monoisotopic (exact) mass is 291 g/mol. The molecule has 4 heteroatoms. The molecule has 0 aromatic carbocycles. The van der Waals surface area contributed by atoms with Crippen molar-refractivity contribution in [3.63, 3.8) is 0 Å². The zero-order chi connectivity index (χ0) is 7.84. The second-order valence-corrected chi connectivity index (χ2v) is 5.20. The quantitative estimate of drug-likeness (QED) is 0.719. The van der Waals surface area contributed by atoms with E-state index in [0.717, 1.165) is 13.8 Å². The number of hydrogen-bond donors (Lipinski definition) is 0. The van der Waals surface area contributed by atoms with E-state index in [1.165, 1.54) is 4.70 Å². The lowest BCUT2D eigenvalue weighted by Gasteiger charge is -1.85. The summed E-state index contributed by atoms with van der Waals surface area (Å²) >= 11 is 8.58. The van der Waals surface area contributed by atoms with Crippen LogP contribution in [0.3, 0.4) is 0 Å². The summed E-state index contributed by atoms with van der Waals surface area (Å²) in [6.45, 7) is 0. The van der Waals surface area contributed by atoms with Gasteiger partial charge in [0.05, 0.1) is 18.5 Å². The van der Waals surface area contributed by atoms with E-state index in [0.29, 0.717) is 0 Å². The van der Waals surface area contributed by atoms with Crippen LogP contribution in [0.4, 0.5) is 0 Å². The van der Waals surface area contributed by atoms with Crippen molar-refractivity contribution >= 4 is 53.4 Å². The van der Waals surface area contributed by atoms with E-state index in [1.807, 2.05) is 6.07 Å². The van der Waals surface area contributed by atoms with Crippen LogP contribution in [-0.4, -0.2) is 4.98 Å². The maximum Gasteiger partial charge on any atom is 0.0963 e. The molecule has 2 aromatic heterocycles. The maximum atomic E-state index is 4.24. The van der Waals surface area contributed by atoms with E-state index in [2.05, 4.69) is 42.9 Å². The van der Waals surface area contributed by atoms with Crippen molar-refractivity contribution in [2.24, 2.45) is 0 Å². The third-order valence-electron chi connectivity index (χ3n) is 1.35. The number of nitrogens with zero attached hydrogens (tertiary/aromatic N) is 1. The van der Waals surface area contributed by atoms with Gasteiger partial charge in [-0.1, -0.05) is 0 Å². The first-order valence-corrected chi connectivity index (χ1v) is 5.38. The standard InChI is InChI=1S/C7H3Br2NS/c8-5-6-4(11-7(5)9)2-1-3-10-6/h1-3H. The third-order valence-corrected chi connectivity index (χ3v) is 4.73. The number of rotatable bonds is 0. The fraction of sp³-hybridized carbons (Fsp3) is 0. The zero-order valence-corrected chi connectivity index (χ0v) is 9.33. The third kappa shape index (κ3) is 1.23. The highest BCUT2D eigenvalue weighted by atomic mass is 79.9. The summed E-state index contributed by atoms with van der Waals surface area (Å²) in [5, 5.41) is 0. The minimum Gasteiger partial charge on any atom is -0.254 e. The number of halogens is 2. The van der Waals surface area contributed by atoms with Gasteiger partial charge in [0, 0.05) is 6.20 Å². The first kappa shape index (κ1) is 7.71. The highest BCUT2D eigenvalue weighted by Gasteiger charge is 2.06. The van der Waals surface area contributed by atoms with Crippen molar-refractivity contribution in [3.05, 3.63) is 26.6 Å². The van der Waals surface area contributed by atoms with Crippen LogP contribution in [0.1, 0.15) is 0 Å². The van der Waals surface area contributed by atoms with E-state index in [-0.39, 0.29) is 0 Å². The van der Waals surface area contributed by atoms with Gasteiger partial charge in [-0.25, -0.2) is 0 Å². The van der Waals surface area contributed by atoms with E-state index >= 15 is 0 Å². The molecular weight excluding hydrogens is 290 g/mol. The molecular formula is C7H3Br2NS. The molecule has 0 aliphatic rings. The molecule has 11 heavy (non-hydrogen) atoms. The maximum absolute atomic E-state index is 4.24. The van der Waals surface area contributed by atoms with Gasteiger partial charge < -0.3 is 0 Å². The van der Waals surface area contributed by atoms with Gasteiger partial charge in [-0.2, -0.15) is 0 Å². The average molecular weight is 293 g/mol. The molecule has 0 aliphatic carbocycles. The summed E-state index contributed by atoms with van der Waals surface area (Å²) in [7, 11) is 0. The molecule has 0 aliphatic heterocycles. The molecule has 0 fully saturated rings. The van der Waals surface area contributed by atoms with Gasteiger partial charge in [-0.3, -0.25) is 4.98 Å². The fourth-order valence-corrected chi connectivity index (χ4v) is 3.05. The summed E-state index contributed by atoms with van der Waals surface area (Å²) < 4.78 is 3.36. The Bertz CT molecular complexity index is 396. The van der Waals surface area contributed by atoms with Crippen molar-refractivity contribution in [1.29, 1.82) is 0 Å². The van der Waals surface area contributed by atoms with Crippen molar-refractivity contribution in [1.82, 2.24) is 4.98 Å². The van der Waals surface area contributed by atoms with Crippen LogP contribution in [0.5, 0.6) is 0 Å². The van der Waals surface area contributed by atoms with E-state index in [9.17, 15) is 0 Å². The van der Waals surface area contributed by atoms with Crippen LogP contribution >= 0.6 is 43.2 Å². The van der Waals surface area contributed by atoms with Gasteiger partial charge in [0.1, 0.15) is 0 Å². The molecule has 0 atom stereocenters. The van der Waals surface area contributed by atoms with Crippen LogP contribution < -0.4 is 0 Å². The Labute approximate surface area is 84.7 Å². The summed E-state index contributed by atoms with van der Waals surface area (Å²) in [5.41, 5.74) is 1.03. The number of hydrogen-bond acceptors (Lipinski definition) is 2. The van der Waals surface area contributed by atoms with Crippen LogP contribution in [0.15, 0.2) is 26.6 Å². The number of thiophene rings is 1. The predicted octanol–water partition coefficient (Wildman–Crippen LogP) is 3.82. The molecule has 2 aromatic rings. The Morgan fingerprint density at radius 2 is 2.18 bits per heavy atom. The molecule has 0 unspecified atom stereocenters. The molecule has 0 spiro atoms. The average Bonchev–Trinajstić information content (AvgIpc) is 2.30. The summed E-state index contributed by atoms with van der Waals surface area (Å²) in [6.07, 6.45) is 1.80. The molecule has 0 bridgehead atoms. The smallest absolute Gasteiger partial charge is 0.0963 e. The number of pyridine rings is 1. The van der Waals surface area contributed by atoms with E-state index < -0.39 is 0 Å². The largest absolute Gasteiger partial charge is 0.254 e. The zero-order valence-electron chi connectivity index (χ0n) is 5.34. The molecule has 2 heterocycles. The molecule has 56 valence electrons. The number of fused-ring (bicyclic) bond motifs is 1. The molecule has 0 radical (unpaired) electrons.